The molecule has 0 spiro atoms. The first-order valence-electron chi connectivity index (χ1n) is 5.59. The lowest BCUT2D eigenvalue weighted by molar-refractivity contribution is -0.136. The zero-order valence-corrected chi connectivity index (χ0v) is 10.2. The molecule has 0 heterocycles. The van der Waals surface area contributed by atoms with E-state index in [1.807, 2.05) is 5.32 Å². The number of hydrogen-bond donors (Lipinski definition) is 3. The summed E-state index contributed by atoms with van der Waals surface area (Å²) in [5.41, 5.74) is -0.407. The van der Waals surface area contributed by atoms with Gasteiger partial charge in [-0.15, -0.1) is 0 Å². The molecule has 0 fully saturated rings. The molecule has 3 N–H and O–H groups in total. The van der Waals surface area contributed by atoms with Crippen molar-refractivity contribution in [1.82, 2.24) is 5.32 Å². The number of amides is 2. The van der Waals surface area contributed by atoms with Gasteiger partial charge in [-0.2, -0.15) is 0 Å². The van der Waals surface area contributed by atoms with Gasteiger partial charge >= 0.3 is 11.8 Å². The molecule has 0 saturated heterocycles. The molecular weight excluding hydrogens is 258 g/mol. The number of aliphatic hydroxyl groups excluding tert-OH is 1. The van der Waals surface area contributed by atoms with Crippen LogP contribution < -0.4 is 10.6 Å². The lowest BCUT2D eigenvalue weighted by Gasteiger charge is -2.10. The molecule has 0 aliphatic rings. The highest BCUT2D eigenvalue weighted by Crippen LogP contribution is 2.16. The minimum absolute atomic E-state index is 0.106. The summed E-state index contributed by atoms with van der Waals surface area (Å²) >= 11 is 0. The Morgan fingerprint density at radius 2 is 2.00 bits per heavy atom. The molecule has 5 nitrogen and oxygen atoms in total. The molecule has 0 bridgehead atoms. The molecular formula is C12H14F2N2O3. The van der Waals surface area contributed by atoms with Crippen LogP contribution in [0.25, 0.3) is 0 Å². The van der Waals surface area contributed by atoms with E-state index in [2.05, 4.69) is 5.32 Å². The zero-order chi connectivity index (χ0) is 14.4. The number of anilines is 1. The first-order chi connectivity index (χ1) is 8.95. The van der Waals surface area contributed by atoms with Crippen molar-refractivity contribution in [3.05, 3.63) is 29.8 Å². The number of carbonyl (C=O) groups is 2. The van der Waals surface area contributed by atoms with Crippen molar-refractivity contribution in [2.24, 2.45) is 5.92 Å². The Morgan fingerprint density at radius 1 is 1.32 bits per heavy atom. The molecule has 0 aliphatic carbocycles. The van der Waals surface area contributed by atoms with Crippen LogP contribution in [0.15, 0.2) is 18.2 Å². The van der Waals surface area contributed by atoms with Gasteiger partial charge in [-0.25, -0.2) is 8.78 Å². The molecule has 1 unspecified atom stereocenters. The maximum atomic E-state index is 13.2. The normalized spacial score (nSPS) is 11.8. The van der Waals surface area contributed by atoms with E-state index in [0.29, 0.717) is 0 Å². The van der Waals surface area contributed by atoms with Gasteiger partial charge < -0.3 is 15.7 Å². The monoisotopic (exact) mass is 272 g/mol. The van der Waals surface area contributed by atoms with Crippen LogP contribution in [0.2, 0.25) is 0 Å². The van der Waals surface area contributed by atoms with Crippen molar-refractivity contribution in [3.8, 4) is 0 Å². The Morgan fingerprint density at radius 3 is 2.63 bits per heavy atom. The van der Waals surface area contributed by atoms with E-state index >= 15 is 0 Å². The highest BCUT2D eigenvalue weighted by Gasteiger charge is 2.17. The number of rotatable bonds is 4. The topological polar surface area (TPSA) is 78.4 Å². The summed E-state index contributed by atoms with van der Waals surface area (Å²) in [5.74, 6) is -4.64. The largest absolute Gasteiger partial charge is 0.396 e. The quantitative estimate of drug-likeness (QED) is 0.704. The van der Waals surface area contributed by atoms with Gasteiger partial charge in [-0.1, -0.05) is 13.0 Å². The van der Waals surface area contributed by atoms with Crippen LogP contribution in [0.4, 0.5) is 14.5 Å². The van der Waals surface area contributed by atoms with Gasteiger partial charge in [0.2, 0.25) is 0 Å². The van der Waals surface area contributed by atoms with Gasteiger partial charge in [0.15, 0.2) is 11.6 Å². The van der Waals surface area contributed by atoms with Gasteiger partial charge in [-0.05, 0) is 18.1 Å². The summed E-state index contributed by atoms with van der Waals surface area (Å²) in [6.45, 7) is 1.64. The van der Waals surface area contributed by atoms with E-state index in [-0.39, 0.29) is 19.1 Å². The fourth-order valence-electron chi connectivity index (χ4n) is 1.19. The molecule has 104 valence electrons. The van der Waals surface area contributed by atoms with Crippen molar-refractivity contribution in [2.75, 3.05) is 18.5 Å². The third-order valence-corrected chi connectivity index (χ3v) is 2.33. The molecule has 0 aromatic heterocycles. The first kappa shape index (κ1) is 15.0. The second kappa shape index (κ2) is 6.79. The molecule has 2 amide bonds. The van der Waals surface area contributed by atoms with E-state index in [1.165, 1.54) is 6.07 Å². The van der Waals surface area contributed by atoms with Crippen molar-refractivity contribution >= 4 is 17.5 Å². The van der Waals surface area contributed by atoms with Crippen LogP contribution in [0.5, 0.6) is 0 Å². The molecule has 0 radical (unpaired) electrons. The zero-order valence-electron chi connectivity index (χ0n) is 10.2. The van der Waals surface area contributed by atoms with E-state index in [4.69, 9.17) is 5.11 Å². The third-order valence-electron chi connectivity index (χ3n) is 2.33. The van der Waals surface area contributed by atoms with Crippen LogP contribution in [-0.2, 0) is 9.59 Å². The maximum absolute atomic E-state index is 13.2. The predicted octanol–water partition coefficient (Wildman–Crippen LogP) is 0.648. The minimum Gasteiger partial charge on any atom is -0.396 e. The number of aliphatic hydroxyl groups is 1. The molecule has 0 aliphatic heterocycles. The van der Waals surface area contributed by atoms with E-state index in [0.717, 1.165) is 12.1 Å². The van der Waals surface area contributed by atoms with Gasteiger partial charge in [0.05, 0.1) is 5.69 Å². The summed E-state index contributed by atoms with van der Waals surface area (Å²) in [6.07, 6.45) is 0. The highest BCUT2D eigenvalue weighted by molar-refractivity contribution is 6.39. The molecule has 19 heavy (non-hydrogen) atoms. The Kier molecular flexibility index (Phi) is 5.37. The summed E-state index contributed by atoms with van der Waals surface area (Å²) in [4.78, 5) is 22.7. The average molecular weight is 272 g/mol. The summed E-state index contributed by atoms with van der Waals surface area (Å²) < 4.78 is 26.1. The number of halogens is 2. The highest BCUT2D eigenvalue weighted by atomic mass is 19.2. The predicted molar refractivity (Wildman–Crippen MR) is 64.2 cm³/mol. The Bertz CT molecular complexity index is 480. The van der Waals surface area contributed by atoms with Crippen molar-refractivity contribution in [3.63, 3.8) is 0 Å². The molecule has 1 aromatic carbocycles. The van der Waals surface area contributed by atoms with E-state index < -0.39 is 29.1 Å². The average Bonchev–Trinajstić information content (AvgIpc) is 2.40. The summed E-state index contributed by atoms with van der Waals surface area (Å²) in [5, 5.41) is 13.0. The Balaban J connectivity index is 2.59. The maximum Gasteiger partial charge on any atom is 0.313 e. The van der Waals surface area contributed by atoms with Gasteiger partial charge in [0, 0.05) is 13.2 Å². The number of carbonyl (C=O) groups excluding carboxylic acids is 2. The minimum atomic E-state index is -1.23. The number of benzene rings is 1. The lowest BCUT2D eigenvalue weighted by Crippen LogP contribution is -2.38. The van der Waals surface area contributed by atoms with Crippen LogP contribution in [0.1, 0.15) is 6.92 Å². The molecule has 0 saturated carbocycles. The molecule has 1 aromatic rings. The van der Waals surface area contributed by atoms with Crippen molar-refractivity contribution < 1.29 is 23.5 Å². The van der Waals surface area contributed by atoms with Crippen LogP contribution in [-0.4, -0.2) is 30.1 Å². The Labute approximate surface area is 108 Å². The van der Waals surface area contributed by atoms with E-state index in [9.17, 15) is 18.4 Å². The van der Waals surface area contributed by atoms with Crippen LogP contribution >= 0.6 is 0 Å². The first-order valence-corrected chi connectivity index (χ1v) is 5.59. The van der Waals surface area contributed by atoms with E-state index in [1.54, 1.807) is 6.92 Å². The van der Waals surface area contributed by atoms with Gasteiger partial charge in [0.1, 0.15) is 0 Å². The number of hydrogen-bond acceptors (Lipinski definition) is 3. The summed E-state index contributed by atoms with van der Waals surface area (Å²) in [7, 11) is 0. The third kappa shape index (κ3) is 4.29. The van der Waals surface area contributed by atoms with Crippen molar-refractivity contribution in [2.45, 2.75) is 6.92 Å². The molecule has 7 heteroatoms. The second-order valence-corrected chi connectivity index (χ2v) is 4.05. The standard InChI is InChI=1S/C12H14F2N2O3/c1-7(6-17)5-15-11(18)12(19)16-9-4-2-3-8(13)10(9)14/h2-4,7,17H,5-6H2,1H3,(H,15,18)(H,16,19). The van der Waals surface area contributed by atoms with Crippen LogP contribution in [0, 0.1) is 17.6 Å². The van der Waals surface area contributed by atoms with Crippen molar-refractivity contribution in [1.29, 1.82) is 0 Å². The molecule has 1 rings (SSSR count). The lowest BCUT2D eigenvalue weighted by atomic mass is 10.2. The van der Waals surface area contributed by atoms with Crippen LogP contribution in [0.3, 0.4) is 0 Å². The molecule has 1 atom stereocenters. The Hall–Kier alpha value is -2.02. The summed E-state index contributed by atoms with van der Waals surface area (Å²) in [6, 6.07) is 3.24. The smallest absolute Gasteiger partial charge is 0.313 e. The SMILES string of the molecule is CC(CO)CNC(=O)C(=O)Nc1cccc(F)c1F. The fraction of sp³-hybridized carbons (Fsp3) is 0.333. The second-order valence-electron chi connectivity index (χ2n) is 4.05. The van der Waals surface area contributed by atoms with Gasteiger partial charge in [-0.3, -0.25) is 9.59 Å². The number of nitrogens with one attached hydrogen (secondary N) is 2. The van der Waals surface area contributed by atoms with Gasteiger partial charge in [0.25, 0.3) is 0 Å². The fourth-order valence-corrected chi connectivity index (χ4v) is 1.19.